The van der Waals surface area contributed by atoms with Gasteiger partial charge in [0.2, 0.25) is 0 Å². The van der Waals surface area contributed by atoms with Crippen molar-refractivity contribution in [1.82, 2.24) is 15.8 Å². The molecule has 23 heavy (non-hydrogen) atoms. The second kappa shape index (κ2) is 8.59. The first-order valence-electron chi connectivity index (χ1n) is 7.42. The van der Waals surface area contributed by atoms with Crippen LogP contribution in [0.4, 0.5) is 4.79 Å². The highest BCUT2D eigenvalue weighted by Crippen LogP contribution is 2.16. The van der Waals surface area contributed by atoms with Crippen LogP contribution in [0.3, 0.4) is 0 Å². The summed E-state index contributed by atoms with van der Waals surface area (Å²) in [7, 11) is 0. The molecule has 7 nitrogen and oxygen atoms in total. The Morgan fingerprint density at radius 2 is 1.91 bits per heavy atom. The second-order valence-electron chi connectivity index (χ2n) is 5.39. The smallest absolute Gasteiger partial charge is 0.404 e. The highest BCUT2D eigenvalue weighted by Gasteiger charge is 2.20. The van der Waals surface area contributed by atoms with E-state index in [2.05, 4.69) is 10.7 Å². The first-order valence-corrected chi connectivity index (χ1v) is 7.80. The summed E-state index contributed by atoms with van der Waals surface area (Å²) in [4.78, 5) is 22.3. The summed E-state index contributed by atoms with van der Waals surface area (Å²) in [5.74, 6) is 0.676. The summed E-state index contributed by atoms with van der Waals surface area (Å²) in [6.07, 6.45) is 0.664. The zero-order chi connectivity index (χ0) is 16.7. The van der Waals surface area contributed by atoms with E-state index >= 15 is 0 Å². The molecule has 2 amide bonds. The Morgan fingerprint density at radius 3 is 2.52 bits per heavy atom. The molecule has 3 N–H and O–H groups in total. The molecule has 0 saturated carbocycles. The number of nitrogens with zero attached hydrogens (tertiary/aromatic N) is 1. The van der Waals surface area contributed by atoms with Gasteiger partial charge in [0.05, 0.1) is 0 Å². The van der Waals surface area contributed by atoms with Gasteiger partial charge < -0.3 is 15.2 Å². The van der Waals surface area contributed by atoms with E-state index in [4.69, 9.17) is 21.4 Å². The molecule has 1 heterocycles. The van der Waals surface area contributed by atoms with Crippen molar-refractivity contribution in [2.45, 2.75) is 12.8 Å². The van der Waals surface area contributed by atoms with Crippen molar-refractivity contribution in [3.05, 3.63) is 29.3 Å². The standard InChI is InChI=1S/C15H20ClN3O4/c16-12-1-3-13(4-2-12)23-10-14(20)18-19-7-5-11(6-8-19)9-17-15(21)22/h1-4,11,17H,5-10H2,(H,18,20)(H,21,22). The summed E-state index contributed by atoms with van der Waals surface area (Å²) in [6, 6.07) is 6.81. The Morgan fingerprint density at radius 1 is 1.26 bits per heavy atom. The molecule has 0 bridgehead atoms. The lowest BCUT2D eigenvalue weighted by Gasteiger charge is -2.31. The van der Waals surface area contributed by atoms with Crippen molar-refractivity contribution in [3.63, 3.8) is 0 Å². The van der Waals surface area contributed by atoms with Gasteiger partial charge >= 0.3 is 6.09 Å². The second-order valence-corrected chi connectivity index (χ2v) is 5.83. The van der Waals surface area contributed by atoms with Gasteiger partial charge in [-0.2, -0.15) is 0 Å². The van der Waals surface area contributed by atoms with Crippen molar-refractivity contribution in [2.24, 2.45) is 5.92 Å². The van der Waals surface area contributed by atoms with Crippen LogP contribution < -0.4 is 15.5 Å². The molecule has 1 fully saturated rings. The number of carbonyl (C=O) groups excluding carboxylic acids is 1. The predicted octanol–water partition coefficient (Wildman–Crippen LogP) is 1.73. The molecule has 0 unspecified atom stereocenters. The summed E-state index contributed by atoms with van der Waals surface area (Å²) in [6.45, 7) is 1.77. The van der Waals surface area contributed by atoms with Gasteiger partial charge in [-0.15, -0.1) is 0 Å². The molecule has 1 aromatic rings. The van der Waals surface area contributed by atoms with Crippen LogP contribution in [0, 0.1) is 5.92 Å². The number of nitrogens with one attached hydrogen (secondary N) is 2. The zero-order valence-electron chi connectivity index (χ0n) is 12.6. The summed E-state index contributed by atoms with van der Waals surface area (Å²) in [5.41, 5.74) is 2.79. The highest BCUT2D eigenvalue weighted by molar-refractivity contribution is 6.30. The zero-order valence-corrected chi connectivity index (χ0v) is 13.4. The molecule has 0 spiro atoms. The van der Waals surface area contributed by atoms with E-state index in [1.54, 1.807) is 24.3 Å². The summed E-state index contributed by atoms with van der Waals surface area (Å²) < 4.78 is 5.38. The molecule has 0 atom stereocenters. The monoisotopic (exact) mass is 341 g/mol. The fraction of sp³-hybridized carbons (Fsp3) is 0.467. The lowest BCUT2D eigenvalue weighted by Crippen LogP contribution is -2.49. The first-order chi connectivity index (χ1) is 11.0. The topological polar surface area (TPSA) is 90.9 Å². The van der Waals surface area contributed by atoms with Gasteiger partial charge in [-0.05, 0) is 43.0 Å². The molecule has 0 aromatic heterocycles. The maximum Gasteiger partial charge on any atom is 0.404 e. The van der Waals surface area contributed by atoms with E-state index < -0.39 is 6.09 Å². The third-order valence-corrected chi connectivity index (χ3v) is 3.87. The fourth-order valence-electron chi connectivity index (χ4n) is 2.37. The minimum absolute atomic E-state index is 0.0673. The minimum Gasteiger partial charge on any atom is -0.484 e. The number of halogens is 1. The molecule has 1 aliphatic heterocycles. The average molecular weight is 342 g/mol. The third kappa shape index (κ3) is 6.33. The van der Waals surface area contributed by atoms with Crippen LogP contribution >= 0.6 is 11.6 Å². The molecule has 1 aromatic carbocycles. The van der Waals surface area contributed by atoms with Crippen molar-refractivity contribution in [3.8, 4) is 5.75 Å². The van der Waals surface area contributed by atoms with Gasteiger partial charge in [0.25, 0.3) is 5.91 Å². The van der Waals surface area contributed by atoms with E-state index in [-0.39, 0.29) is 12.5 Å². The van der Waals surface area contributed by atoms with Crippen LogP contribution in [0.15, 0.2) is 24.3 Å². The maximum absolute atomic E-state index is 11.9. The van der Waals surface area contributed by atoms with Gasteiger partial charge in [0.15, 0.2) is 6.61 Å². The number of ether oxygens (including phenoxy) is 1. The van der Waals surface area contributed by atoms with Crippen LogP contribution in [-0.2, 0) is 4.79 Å². The number of hydrogen-bond acceptors (Lipinski definition) is 4. The predicted molar refractivity (Wildman–Crippen MR) is 85.4 cm³/mol. The number of hydrazine groups is 1. The summed E-state index contributed by atoms with van der Waals surface area (Å²) in [5, 5.41) is 13.4. The van der Waals surface area contributed by atoms with Crippen LogP contribution in [0.1, 0.15) is 12.8 Å². The molecule has 2 rings (SSSR count). The van der Waals surface area contributed by atoms with E-state index in [9.17, 15) is 9.59 Å². The van der Waals surface area contributed by atoms with E-state index in [1.807, 2.05) is 5.01 Å². The van der Waals surface area contributed by atoms with Crippen molar-refractivity contribution in [2.75, 3.05) is 26.2 Å². The number of carbonyl (C=O) groups is 2. The van der Waals surface area contributed by atoms with E-state index in [1.165, 1.54) is 0 Å². The Balaban J connectivity index is 1.64. The van der Waals surface area contributed by atoms with E-state index in [0.717, 1.165) is 12.8 Å². The third-order valence-electron chi connectivity index (χ3n) is 3.62. The van der Waals surface area contributed by atoms with E-state index in [0.29, 0.717) is 36.3 Å². The molecule has 1 aliphatic rings. The number of amides is 2. The molecule has 0 aliphatic carbocycles. The van der Waals surface area contributed by atoms with Gasteiger partial charge in [0.1, 0.15) is 5.75 Å². The molecule has 8 heteroatoms. The Kier molecular flexibility index (Phi) is 6.49. The molecule has 126 valence electrons. The van der Waals surface area contributed by atoms with Crippen LogP contribution in [0.5, 0.6) is 5.75 Å². The number of benzene rings is 1. The molecule has 0 radical (unpaired) electrons. The van der Waals surface area contributed by atoms with Gasteiger partial charge in [-0.1, -0.05) is 11.6 Å². The van der Waals surface area contributed by atoms with Crippen LogP contribution in [-0.4, -0.2) is 48.4 Å². The average Bonchev–Trinajstić information content (AvgIpc) is 2.53. The Bertz CT molecular complexity index is 530. The highest BCUT2D eigenvalue weighted by atomic mass is 35.5. The van der Waals surface area contributed by atoms with Crippen LogP contribution in [0.2, 0.25) is 5.02 Å². The lowest BCUT2D eigenvalue weighted by atomic mass is 9.98. The number of rotatable bonds is 6. The Hall–Kier alpha value is -1.99. The largest absolute Gasteiger partial charge is 0.484 e. The van der Waals surface area contributed by atoms with Crippen molar-refractivity contribution >= 4 is 23.6 Å². The molecular weight excluding hydrogens is 322 g/mol. The van der Waals surface area contributed by atoms with Crippen molar-refractivity contribution in [1.29, 1.82) is 0 Å². The fourth-order valence-corrected chi connectivity index (χ4v) is 2.49. The minimum atomic E-state index is -1.000. The first kappa shape index (κ1) is 17.4. The van der Waals surface area contributed by atoms with Gasteiger partial charge in [0, 0.05) is 24.7 Å². The summed E-state index contributed by atoms with van der Waals surface area (Å²) >= 11 is 5.78. The quantitative estimate of drug-likeness (QED) is 0.733. The number of carboxylic acid groups (broad SMARTS) is 1. The van der Waals surface area contributed by atoms with Gasteiger partial charge in [-0.3, -0.25) is 10.2 Å². The lowest BCUT2D eigenvalue weighted by molar-refractivity contribution is -0.128. The molecular formula is C15H20ClN3O4. The SMILES string of the molecule is O=C(O)NCC1CCN(NC(=O)COc2ccc(Cl)cc2)CC1. The van der Waals surface area contributed by atoms with Crippen LogP contribution in [0.25, 0.3) is 0 Å². The van der Waals surface area contributed by atoms with Crippen molar-refractivity contribution < 1.29 is 19.4 Å². The number of hydrogen-bond donors (Lipinski definition) is 3. The number of piperidine rings is 1. The maximum atomic E-state index is 11.9. The van der Waals surface area contributed by atoms with Gasteiger partial charge in [-0.25, -0.2) is 9.80 Å². The Labute approximate surface area is 139 Å². The molecule has 1 saturated heterocycles. The normalized spacial score (nSPS) is 15.9.